The monoisotopic (exact) mass is 379 g/mol. The van der Waals surface area contributed by atoms with Crippen LogP contribution in [-0.2, 0) is 11.3 Å². The number of carbonyl (C=O) groups is 1. The van der Waals surface area contributed by atoms with Crippen LogP contribution >= 0.6 is 0 Å². The van der Waals surface area contributed by atoms with Crippen LogP contribution in [0.15, 0.2) is 58.7 Å². The van der Waals surface area contributed by atoms with E-state index in [1.54, 1.807) is 25.3 Å². The van der Waals surface area contributed by atoms with E-state index < -0.39 is 5.97 Å². The summed E-state index contributed by atoms with van der Waals surface area (Å²) in [5.41, 5.74) is 4.81. The van der Waals surface area contributed by atoms with Crippen LogP contribution in [0.5, 0.6) is 0 Å². The van der Waals surface area contributed by atoms with Crippen LogP contribution in [0.2, 0.25) is 0 Å². The Hall–Kier alpha value is -3.34. The number of furan rings is 1. The van der Waals surface area contributed by atoms with Crippen molar-refractivity contribution in [2.75, 3.05) is 5.32 Å². The molecule has 3 rings (SSSR count). The number of aliphatic carboxylic acids is 1. The van der Waals surface area contributed by atoms with E-state index >= 15 is 0 Å². The van der Waals surface area contributed by atoms with Gasteiger partial charge in [0.05, 0.1) is 12.8 Å². The summed E-state index contributed by atoms with van der Waals surface area (Å²) in [6, 6.07) is 12.5. The number of hydrogen-bond acceptors (Lipinski definition) is 3. The summed E-state index contributed by atoms with van der Waals surface area (Å²) in [6.45, 7) is 5.82. The predicted molar refractivity (Wildman–Crippen MR) is 109 cm³/mol. The highest BCUT2D eigenvalue weighted by Gasteiger charge is 2.12. The summed E-state index contributed by atoms with van der Waals surface area (Å²) in [5, 5.41) is 12.2. The topological polar surface area (TPSA) is 62.5 Å². The molecule has 0 fully saturated rings. The van der Waals surface area contributed by atoms with Crippen molar-refractivity contribution in [3.63, 3.8) is 0 Å². The quantitative estimate of drug-likeness (QED) is 0.531. The summed E-state index contributed by atoms with van der Waals surface area (Å²) in [7, 11) is 0. The van der Waals surface area contributed by atoms with Gasteiger partial charge < -0.3 is 14.8 Å². The fourth-order valence-electron chi connectivity index (χ4n) is 3.03. The lowest BCUT2D eigenvalue weighted by molar-refractivity contribution is -0.132. The number of nitrogens with one attached hydrogen (secondary N) is 1. The second kappa shape index (κ2) is 8.13. The molecule has 0 atom stereocenters. The number of rotatable bonds is 6. The molecule has 0 aliphatic carbocycles. The Morgan fingerprint density at radius 1 is 1.14 bits per heavy atom. The molecule has 0 aliphatic heterocycles. The average molecular weight is 379 g/mol. The first-order valence-corrected chi connectivity index (χ1v) is 8.94. The minimum absolute atomic E-state index is 0.258. The Kier molecular flexibility index (Phi) is 5.64. The van der Waals surface area contributed by atoms with Crippen LogP contribution in [-0.4, -0.2) is 11.1 Å². The van der Waals surface area contributed by atoms with Crippen molar-refractivity contribution in [3.05, 3.63) is 82.6 Å². The largest absolute Gasteiger partial charge is 0.478 e. The highest BCUT2D eigenvalue weighted by atomic mass is 19.1. The van der Waals surface area contributed by atoms with Crippen molar-refractivity contribution in [3.8, 4) is 11.1 Å². The first kappa shape index (κ1) is 19.4. The van der Waals surface area contributed by atoms with Crippen molar-refractivity contribution in [1.82, 2.24) is 0 Å². The molecule has 0 bridgehead atoms. The maximum atomic E-state index is 14.8. The van der Waals surface area contributed by atoms with Gasteiger partial charge in [0.25, 0.3) is 0 Å². The lowest BCUT2D eigenvalue weighted by Gasteiger charge is -2.13. The molecule has 1 heterocycles. The predicted octanol–water partition coefficient (Wildman–Crippen LogP) is 5.80. The van der Waals surface area contributed by atoms with Gasteiger partial charge in [-0.2, -0.15) is 0 Å². The van der Waals surface area contributed by atoms with Crippen molar-refractivity contribution < 1.29 is 18.7 Å². The molecule has 144 valence electrons. The van der Waals surface area contributed by atoms with Gasteiger partial charge in [0.2, 0.25) is 0 Å². The third-order valence-corrected chi connectivity index (χ3v) is 4.63. The van der Waals surface area contributed by atoms with Crippen molar-refractivity contribution in [1.29, 1.82) is 0 Å². The van der Waals surface area contributed by atoms with Gasteiger partial charge >= 0.3 is 5.97 Å². The van der Waals surface area contributed by atoms with Crippen LogP contribution in [0, 0.1) is 19.7 Å². The van der Waals surface area contributed by atoms with Crippen LogP contribution in [0.1, 0.15) is 29.4 Å². The summed E-state index contributed by atoms with van der Waals surface area (Å²) in [4.78, 5) is 11.1. The van der Waals surface area contributed by atoms with Crippen LogP contribution in [0.25, 0.3) is 17.2 Å². The summed E-state index contributed by atoms with van der Waals surface area (Å²) in [6.07, 6.45) is 3.23. The third kappa shape index (κ3) is 4.31. The fraction of sp³-hybridized carbons (Fsp3) is 0.174. The second-order valence-electron chi connectivity index (χ2n) is 6.78. The fourth-order valence-corrected chi connectivity index (χ4v) is 3.03. The lowest BCUT2D eigenvalue weighted by Crippen LogP contribution is -2.00. The highest BCUT2D eigenvalue weighted by molar-refractivity contribution is 5.92. The molecule has 4 nitrogen and oxygen atoms in total. The normalized spacial score (nSPS) is 11.5. The molecule has 3 aromatic rings. The molecule has 0 aliphatic rings. The standard InChI is InChI=1S/C23H22FNO3/c1-14-11-21(15(2)9-17(14)10-16(3)23(26)27)20-7-6-18(12-22(20)24)25-13-19-5-4-8-28-19/h4-12,25H,13H2,1-3H3,(H,26,27)/b16-10+. The molecular weight excluding hydrogens is 357 g/mol. The number of carboxylic acids is 1. The number of halogens is 1. The van der Waals surface area contributed by atoms with Gasteiger partial charge in [-0.25, -0.2) is 9.18 Å². The van der Waals surface area contributed by atoms with Crippen molar-refractivity contribution >= 4 is 17.7 Å². The Bertz CT molecular complexity index is 1040. The van der Waals surface area contributed by atoms with Gasteiger partial charge in [0.1, 0.15) is 11.6 Å². The molecule has 0 radical (unpaired) electrons. The summed E-state index contributed by atoms with van der Waals surface area (Å²) >= 11 is 0. The highest BCUT2D eigenvalue weighted by Crippen LogP contribution is 2.31. The summed E-state index contributed by atoms with van der Waals surface area (Å²) in [5.74, 6) is -0.502. The van der Waals surface area contributed by atoms with E-state index in [-0.39, 0.29) is 11.4 Å². The van der Waals surface area contributed by atoms with Crippen LogP contribution in [0.3, 0.4) is 0 Å². The maximum absolute atomic E-state index is 14.8. The molecule has 0 unspecified atom stereocenters. The Balaban J connectivity index is 1.87. The molecular formula is C23H22FNO3. The Labute approximate surface area is 163 Å². The number of carboxylic acid groups (broad SMARTS) is 1. The first-order valence-electron chi connectivity index (χ1n) is 8.94. The van der Waals surface area contributed by atoms with E-state index in [0.29, 0.717) is 17.8 Å². The Morgan fingerprint density at radius 2 is 1.93 bits per heavy atom. The van der Waals surface area contributed by atoms with E-state index in [1.807, 2.05) is 44.2 Å². The zero-order valence-corrected chi connectivity index (χ0v) is 16.0. The number of anilines is 1. The lowest BCUT2D eigenvalue weighted by atomic mass is 9.93. The van der Waals surface area contributed by atoms with E-state index in [1.165, 1.54) is 6.07 Å². The average Bonchev–Trinajstić information content (AvgIpc) is 3.16. The molecule has 1 aromatic heterocycles. The van der Waals surface area contributed by atoms with E-state index in [9.17, 15) is 9.18 Å². The van der Waals surface area contributed by atoms with Crippen LogP contribution < -0.4 is 5.32 Å². The van der Waals surface area contributed by atoms with Crippen molar-refractivity contribution in [2.45, 2.75) is 27.3 Å². The van der Waals surface area contributed by atoms with Gasteiger partial charge in [0, 0.05) is 16.8 Å². The van der Waals surface area contributed by atoms with E-state index in [2.05, 4.69) is 5.32 Å². The molecule has 0 amide bonds. The smallest absolute Gasteiger partial charge is 0.331 e. The van der Waals surface area contributed by atoms with Crippen molar-refractivity contribution in [2.24, 2.45) is 0 Å². The minimum Gasteiger partial charge on any atom is -0.478 e. The number of benzene rings is 2. The molecule has 28 heavy (non-hydrogen) atoms. The molecule has 2 N–H and O–H groups in total. The molecule has 0 spiro atoms. The number of aryl methyl sites for hydroxylation is 2. The van der Waals surface area contributed by atoms with Gasteiger partial charge in [0.15, 0.2) is 0 Å². The molecule has 5 heteroatoms. The van der Waals surface area contributed by atoms with Gasteiger partial charge in [-0.3, -0.25) is 0 Å². The SMILES string of the molecule is C/C(=C\c1cc(C)c(-c2ccc(NCc3ccco3)cc2F)cc1C)C(=O)O. The zero-order chi connectivity index (χ0) is 20.3. The molecule has 0 saturated carbocycles. The van der Waals surface area contributed by atoms with E-state index in [0.717, 1.165) is 28.0 Å². The maximum Gasteiger partial charge on any atom is 0.331 e. The van der Waals surface area contributed by atoms with E-state index in [4.69, 9.17) is 9.52 Å². The van der Waals surface area contributed by atoms with Gasteiger partial charge in [-0.05, 0) is 79.4 Å². The van der Waals surface area contributed by atoms with Gasteiger partial charge in [-0.1, -0.05) is 12.1 Å². The minimum atomic E-state index is -0.954. The van der Waals surface area contributed by atoms with Gasteiger partial charge in [-0.15, -0.1) is 0 Å². The third-order valence-electron chi connectivity index (χ3n) is 4.63. The zero-order valence-electron chi connectivity index (χ0n) is 16.0. The van der Waals surface area contributed by atoms with Crippen LogP contribution in [0.4, 0.5) is 10.1 Å². The Morgan fingerprint density at radius 3 is 2.57 bits per heavy atom. The molecule has 2 aromatic carbocycles. The second-order valence-corrected chi connectivity index (χ2v) is 6.78. The number of hydrogen-bond donors (Lipinski definition) is 2. The first-order chi connectivity index (χ1) is 13.3. The summed E-state index contributed by atoms with van der Waals surface area (Å²) < 4.78 is 20.0. The molecule has 0 saturated heterocycles.